The Bertz CT molecular complexity index is 1700. The number of carboxylic acid groups (broad SMARTS) is 1. The molecule has 1 amide bonds. The number of imidazole rings is 1. The Kier molecular flexibility index (Phi) is 6.67. The van der Waals surface area contributed by atoms with Gasteiger partial charge in [0.05, 0.1) is 53.0 Å². The number of carboxylic acids is 1. The number of aromatic amines is 1. The Balaban J connectivity index is 1.75. The molecule has 4 aromatic rings. The Hall–Kier alpha value is -4.54. The number of hydrogen-bond donors (Lipinski definition) is 3. The standard InChI is InChI=1S/C27H19Cl2N3O7/c1-38-15-6-3-12(4-7-15)21-20(22(33)16-10-14(28)11-17(29)24(16)39-2)23(34)25(35)32(21)27-30-18-8-5-13(26(36)37)9-19(18)31-27/h3-11,21,33H,1-2H3,(H,30,31)(H,36,37)/b22-20+. The minimum absolute atomic E-state index is 0.0105. The molecule has 12 heteroatoms. The van der Waals surface area contributed by atoms with Crippen molar-refractivity contribution in [1.82, 2.24) is 9.97 Å². The van der Waals surface area contributed by atoms with Crippen LogP contribution in [0.2, 0.25) is 10.0 Å². The van der Waals surface area contributed by atoms with Gasteiger partial charge >= 0.3 is 11.9 Å². The molecule has 1 saturated heterocycles. The number of nitrogens with one attached hydrogen (secondary N) is 1. The van der Waals surface area contributed by atoms with Crippen LogP contribution in [-0.4, -0.2) is 52.1 Å². The van der Waals surface area contributed by atoms with E-state index in [0.29, 0.717) is 22.3 Å². The summed E-state index contributed by atoms with van der Waals surface area (Å²) in [5.74, 6) is -3.08. The molecule has 0 aliphatic carbocycles. The third-order valence-electron chi connectivity index (χ3n) is 6.29. The molecule has 2 heterocycles. The average Bonchev–Trinajstić information content (AvgIpc) is 3.45. The first-order valence-corrected chi connectivity index (χ1v) is 12.1. The zero-order chi connectivity index (χ0) is 28.0. The molecule has 198 valence electrons. The number of carbonyl (C=O) groups is 3. The highest BCUT2D eigenvalue weighted by Gasteiger charge is 2.48. The van der Waals surface area contributed by atoms with Crippen molar-refractivity contribution in [3.05, 3.63) is 86.9 Å². The number of benzene rings is 3. The lowest BCUT2D eigenvalue weighted by molar-refractivity contribution is -0.132. The van der Waals surface area contributed by atoms with Crippen LogP contribution in [0.5, 0.6) is 11.5 Å². The highest BCUT2D eigenvalue weighted by molar-refractivity contribution is 6.51. The molecular weight excluding hydrogens is 549 g/mol. The zero-order valence-corrected chi connectivity index (χ0v) is 21.9. The molecule has 1 aliphatic rings. The van der Waals surface area contributed by atoms with E-state index in [1.165, 1.54) is 44.6 Å². The van der Waals surface area contributed by atoms with E-state index >= 15 is 0 Å². The fraction of sp³-hybridized carbons (Fsp3) is 0.111. The lowest BCUT2D eigenvalue weighted by Crippen LogP contribution is -2.30. The van der Waals surface area contributed by atoms with E-state index in [0.717, 1.165) is 4.90 Å². The van der Waals surface area contributed by atoms with Crippen LogP contribution in [0.1, 0.15) is 27.5 Å². The van der Waals surface area contributed by atoms with Gasteiger partial charge in [0, 0.05) is 5.02 Å². The molecule has 1 fully saturated rings. The van der Waals surface area contributed by atoms with Crippen LogP contribution < -0.4 is 14.4 Å². The van der Waals surface area contributed by atoms with Gasteiger partial charge in [-0.15, -0.1) is 0 Å². The first-order valence-electron chi connectivity index (χ1n) is 11.4. The number of anilines is 1. The summed E-state index contributed by atoms with van der Waals surface area (Å²) < 4.78 is 10.6. The summed E-state index contributed by atoms with van der Waals surface area (Å²) in [5.41, 5.74) is 0.930. The number of fused-ring (bicyclic) bond motifs is 1. The quantitative estimate of drug-likeness (QED) is 0.164. The Labute approximate surface area is 231 Å². The number of Topliss-reactive ketones (excluding diaryl/α,β-unsaturated/α-hetero) is 1. The van der Waals surface area contributed by atoms with E-state index in [9.17, 15) is 24.6 Å². The second-order valence-electron chi connectivity index (χ2n) is 8.51. The van der Waals surface area contributed by atoms with Gasteiger partial charge in [0.15, 0.2) is 0 Å². The van der Waals surface area contributed by atoms with Crippen molar-refractivity contribution in [1.29, 1.82) is 0 Å². The van der Waals surface area contributed by atoms with E-state index in [4.69, 9.17) is 32.7 Å². The van der Waals surface area contributed by atoms with Crippen LogP contribution in [0.3, 0.4) is 0 Å². The smallest absolute Gasteiger partial charge is 0.335 e. The molecule has 3 aromatic carbocycles. The third kappa shape index (κ3) is 4.43. The topological polar surface area (TPSA) is 142 Å². The van der Waals surface area contributed by atoms with E-state index in [1.807, 2.05) is 0 Å². The summed E-state index contributed by atoms with van der Waals surface area (Å²) in [6, 6.07) is 12.4. The molecule has 39 heavy (non-hydrogen) atoms. The number of aliphatic hydroxyl groups excluding tert-OH is 1. The van der Waals surface area contributed by atoms with Gasteiger partial charge in [0.1, 0.15) is 17.3 Å². The summed E-state index contributed by atoms with van der Waals surface area (Å²) in [5, 5.41) is 21.1. The number of amides is 1. The van der Waals surface area contributed by atoms with E-state index in [-0.39, 0.29) is 38.4 Å². The maximum absolute atomic E-state index is 13.5. The van der Waals surface area contributed by atoms with Gasteiger partial charge in [-0.05, 0) is 48.0 Å². The van der Waals surface area contributed by atoms with Crippen LogP contribution in [0.15, 0.2) is 60.2 Å². The molecule has 0 radical (unpaired) electrons. The summed E-state index contributed by atoms with van der Waals surface area (Å²) in [6.07, 6.45) is 0. The Morgan fingerprint density at radius 3 is 2.36 bits per heavy atom. The zero-order valence-electron chi connectivity index (χ0n) is 20.4. The fourth-order valence-corrected chi connectivity index (χ4v) is 5.06. The van der Waals surface area contributed by atoms with Gasteiger partial charge in [-0.25, -0.2) is 9.78 Å². The van der Waals surface area contributed by atoms with Crippen LogP contribution in [0, 0.1) is 0 Å². The third-order valence-corrected chi connectivity index (χ3v) is 6.79. The van der Waals surface area contributed by atoms with Crippen molar-refractivity contribution < 1.29 is 34.1 Å². The minimum atomic E-state index is -1.14. The maximum atomic E-state index is 13.5. The van der Waals surface area contributed by atoms with Crippen molar-refractivity contribution in [3.63, 3.8) is 0 Å². The van der Waals surface area contributed by atoms with Gasteiger partial charge in [-0.2, -0.15) is 0 Å². The molecule has 0 spiro atoms. The number of halogens is 2. The lowest BCUT2D eigenvalue weighted by atomic mass is 9.95. The number of H-pyrrole nitrogens is 1. The fourth-order valence-electron chi connectivity index (χ4n) is 4.48. The summed E-state index contributed by atoms with van der Waals surface area (Å²) in [4.78, 5) is 46.8. The SMILES string of the molecule is COc1ccc(C2/C(=C(\O)c3cc(Cl)cc(Cl)c3OC)C(=O)C(=O)N2c2nc3ccc(C(=O)O)cc3[nH]2)cc1. The van der Waals surface area contributed by atoms with Crippen molar-refractivity contribution in [2.45, 2.75) is 6.04 Å². The highest BCUT2D eigenvalue weighted by atomic mass is 35.5. The molecule has 1 aliphatic heterocycles. The number of ether oxygens (including phenoxy) is 2. The van der Waals surface area contributed by atoms with Gasteiger partial charge in [-0.3, -0.25) is 14.5 Å². The molecule has 3 N–H and O–H groups in total. The van der Waals surface area contributed by atoms with Gasteiger partial charge in [0.25, 0.3) is 5.78 Å². The van der Waals surface area contributed by atoms with Crippen LogP contribution in [-0.2, 0) is 9.59 Å². The minimum Gasteiger partial charge on any atom is -0.507 e. The first kappa shape index (κ1) is 26.1. The predicted octanol–water partition coefficient (Wildman–Crippen LogP) is 5.21. The summed E-state index contributed by atoms with van der Waals surface area (Å²) >= 11 is 12.4. The highest BCUT2D eigenvalue weighted by Crippen LogP contribution is 2.44. The molecule has 1 atom stereocenters. The summed E-state index contributed by atoms with van der Waals surface area (Å²) in [7, 11) is 2.83. The monoisotopic (exact) mass is 567 g/mol. The number of rotatable bonds is 6. The molecule has 5 rings (SSSR count). The van der Waals surface area contributed by atoms with Crippen molar-refractivity contribution in [3.8, 4) is 11.5 Å². The Morgan fingerprint density at radius 1 is 1.00 bits per heavy atom. The molecule has 0 saturated carbocycles. The van der Waals surface area contributed by atoms with Crippen molar-refractivity contribution in [2.75, 3.05) is 19.1 Å². The van der Waals surface area contributed by atoms with Crippen molar-refractivity contribution >= 4 is 63.6 Å². The Morgan fingerprint density at radius 2 is 1.72 bits per heavy atom. The number of aromatic carboxylic acids is 1. The molecule has 10 nitrogen and oxygen atoms in total. The summed E-state index contributed by atoms with van der Waals surface area (Å²) in [6.45, 7) is 0. The number of hydrogen-bond acceptors (Lipinski definition) is 7. The van der Waals surface area contributed by atoms with Crippen LogP contribution in [0.4, 0.5) is 5.95 Å². The van der Waals surface area contributed by atoms with E-state index < -0.39 is 29.5 Å². The number of carbonyl (C=O) groups excluding carboxylic acids is 2. The van der Waals surface area contributed by atoms with Crippen LogP contribution in [0.25, 0.3) is 16.8 Å². The van der Waals surface area contributed by atoms with Gasteiger partial charge in [-0.1, -0.05) is 35.3 Å². The molecule has 1 unspecified atom stereocenters. The molecule has 0 bridgehead atoms. The van der Waals surface area contributed by atoms with E-state index in [1.54, 1.807) is 24.3 Å². The van der Waals surface area contributed by atoms with Gasteiger partial charge in [0.2, 0.25) is 5.95 Å². The van der Waals surface area contributed by atoms with Gasteiger partial charge < -0.3 is 24.7 Å². The number of aliphatic hydroxyl groups is 1. The number of methoxy groups -OCH3 is 2. The normalized spacial score (nSPS) is 16.6. The van der Waals surface area contributed by atoms with E-state index in [2.05, 4.69) is 9.97 Å². The predicted molar refractivity (Wildman–Crippen MR) is 144 cm³/mol. The van der Waals surface area contributed by atoms with Crippen molar-refractivity contribution in [2.24, 2.45) is 0 Å². The first-order chi connectivity index (χ1) is 18.6. The lowest BCUT2D eigenvalue weighted by Gasteiger charge is -2.23. The largest absolute Gasteiger partial charge is 0.507 e. The second-order valence-corrected chi connectivity index (χ2v) is 9.35. The number of aromatic nitrogens is 2. The maximum Gasteiger partial charge on any atom is 0.335 e. The number of nitrogens with zero attached hydrogens (tertiary/aromatic N) is 2. The second kappa shape index (κ2) is 9.97. The molecular formula is C27H19Cl2N3O7. The van der Waals surface area contributed by atoms with Crippen LogP contribution >= 0.6 is 23.2 Å². The number of ketones is 1. The molecule has 1 aromatic heterocycles. The average molecular weight is 568 g/mol.